The standard InChI is InChI=1S/C13H25N5O3/c1-4-21-10-12-15-11(17-14)9-13(16-12)18(5-7-19-2)6-8-20-3/h9H,4-8,10,14H2,1-3H3,(H,15,16,17). The molecule has 8 nitrogen and oxygen atoms in total. The third-order valence-corrected chi connectivity index (χ3v) is 2.80. The molecule has 8 heteroatoms. The lowest BCUT2D eigenvalue weighted by atomic mass is 10.4. The fourth-order valence-corrected chi connectivity index (χ4v) is 1.72. The van der Waals surface area contributed by atoms with E-state index in [0.29, 0.717) is 51.2 Å². The van der Waals surface area contributed by atoms with Gasteiger partial charge in [-0.1, -0.05) is 0 Å². The van der Waals surface area contributed by atoms with Crippen LogP contribution in [0.1, 0.15) is 12.7 Å². The molecule has 0 amide bonds. The SMILES string of the molecule is CCOCc1nc(NN)cc(N(CCOC)CCOC)n1. The fourth-order valence-electron chi connectivity index (χ4n) is 1.72. The van der Waals surface area contributed by atoms with Gasteiger partial charge in [-0.3, -0.25) is 0 Å². The molecule has 0 unspecified atom stereocenters. The van der Waals surface area contributed by atoms with Gasteiger partial charge < -0.3 is 24.5 Å². The van der Waals surface area contributed by atoms with Crippen molar-refractivity contribution in [3.63, 3.8) is 0 Å². The summed E-state index contributed by atoms with van der Waals surface area (Å²) in [6, 6.07) is 1.79. The average Bonchev–Trinajstić information content (AvgIpc) is 2.52. The lowest BCUT2D eigenvalue weighted by Crippen LogP contribution is -2.32. The van der Waals surface area contributed by atoms with Crippen molar-refractivity contribution in [2.24, 2.45) is 5.84 Å². The lowest BCUT2D eigenvalue weighted by molar-refractivity contribution is 0.128. The first kappa shape index (κ1) is 17.6. The highest BCUT2D eigenvalue weighted by Gasteiger charge is 2.11. The molecule has 0 aromatic carbocycles. The minimum atomic E-state index is 0.349. The number of hydrogen-bond donors (Lipinski definition) is 2. The maximum Gasteiger partial charge on any atom is 0.158 e. The van der Waals surface area contributed by atoms with Crippen LogP contribution < -0.4 is 16.2 Å². The Bertz CT molecular complexity index is 397. The number of nitrogens with two attached hydrogens (primary N) is 1. The van der Waals surface area contributed by atoms with E-state index < -0.39 is 0 Å². The largest absolute Gasteiger partial charge is 0.383 e. The third-order valence-electron chi connectivity index (χ3n) is 2.80. The Labute approximate surface area is 125 Å². The number of methoxy groups -OCH3 is 2. The van der Waals surface area contributed by atoms with E-state index in [9.17, 15) is 0 Å². The van der Waals surface area contributed by atoms with Crippen molar-refractivity contribution in [1.29, 1.82) is 0 Å². The molecule has 0 bridgehead atoms. The van der Waals surface area contributed by atoms with Gasteiger partial charge in [-0.25, -0.2) is 15.8 Å². The van der Waals surface area contributed by atoms with Gasteiger partial charge in [0.1, 0.15) is 18.2 Å². The highest BCUT2D eigenvalue weighted by Crippen LogP contribution is 2.16. The number of aromatic nitrogens is 2. The molecule has 3 N–H and O–H groups in total. The number of ether oxygens (including phenoxy) is 3. The van der Waals surface area contributed by atoms with Gasteiger partial charge in [0.15, 0.2) is 5.82 Å². The van der Waals surface area contributed by atoms with E-state index in [1.54, 1.807) is 20.3 Å². The first-order valence-electron chi connectivity index (χ1n) is 6.90. The van der Waals surface area contributed by atoms with E-state index in [0.717, 1.165) is 5.82 Å². The van der Waals surface area contributed by atoms with Gasteiger partial charge >= 0.3 is 0 Å². The molecule has 21 heavy (non-hydrogen) atoms. The molecule has 0 spiro atoms. The monoisotopic (exact) mass is 299 g/mol. The van der Waals surface area contributed by atoms with E-state index in [4.69, 9.17) is 20.1 Å². The summed E-state index contributed by atoms with van der Waals surface area (Å²) in [5.41, 5.74) is 2.56. The number of rotatable bonds is 11. The summed E-state index contributed by atoms with van der Waals surface area (Å²) in [5, 5.41) is 0. The average molecular weight is 299 g/mol. The molecule has 0 saturated carbocycles. The third kappa shape index (κ3) is 6.21. The van der Waals surface area contributed by atoms with Gasteiger partial charge in [0, 0.05) is 40.0 Å². The molecule has 1 aromatic rings. The first-order chi connectivity index (χ1) is 10.2. The smallest absolute Gasteiger partial charge is 0.158 e. The van der Waals surface area contributed by atoms with Crippen LogP contribution in [0.4, 0.5) is 11.6 Å². The lowest BCUT2D eigenvalue weighted by Gasteiger charge is -2.23. The Hall–Kier alpha value is -1.48. The molecule has 1 heterocycles. The number of nitrogens with zero attached hydrogens (tertiary/aromatic N) is 3. The second kappa shape index (κ2) is 10.3. The summed E-state index contributed by atoms with van der Waals surface area (Å²) < 4.78 is 15.6. The van der Waals surface area contributed by atoms with Crippen molar-refractivity contribution in [3.05, 3.63) is 11.9 Å². The number of nitrogen functional groups attached to an aromatic ring is 1. The molecule has 0 saturated heterocycles. The number of hydrazine groups is 1. The Kier molecular flexibility index (Phi) is 8.60. The van der Waals surface area contributed by atoms with Gasteiger partial charge in [0.25, 0.3) is 0 Å². The summed E-state index contributed by atoms with van der Waals surface area (Å²) in [6.45, 7) is 5.48. The summed E-state index contributed by atoms with van der Waals surface area (Å²) in [6.07, 6.45) is 0. The van der Waals surface area contributed by atoms with Crippen molar-refractivity contribution < 1.29 is 14.2 Å². The highest BCUT2D eigenvalue weighted by molar-refractivity contribution is 5.48. The van der Waals surface area contributed by atoms with E-state index >= 15 is 0 Å². The molecule has 0 atom stereocenters. The molecule has 0 aliphatic carbocycles. The van der Waals surface area contributed by atoms with Crippen LogP contribution in [0, 0.1) is 0 Å². The van der Waals surface area contributed by atoms with E-state index in [1.165, 1.54) is 0 Å². The second-order valence-corrected chi connectivity index (χ2v) is 4.28. The molecular weight excluding hydrogens is 274 g/mol. The van der Waals surface area contributed by atoms with Gasteiger partial charge in [-0.15, -0.1) is 0 Å². The predicted molar refractivity (Wildman–Crippen MR) is 81.1 cm³/mol. The summed E-state index contributed by atoms with van der Waals surface area (Å²) in [4.78, 5) is 10.8. The maximum atomic E-state index is 5.47. The van der Waals surface area contributed by atoms with Crippen LogP contribution >= 0.6 is 0 Å². The van der Waals surface area contributed by atoms with Crippen molar-refractivity contribution in [2.75, 3.05) is 57.5 Å². The van der Waals surface area contributed by atoms with Crippen LogP contribution in [-0.4, -0.2) is 57.1 Å². The Morgan fingerprint density at radius 1 is 1.19 bits per heavy atom. The van der Waals surface area contributed by atoms with Crippen LogP contribution in [0.3, 0.4) is 0 Å². The minimum Gasteiger partial charge on any atom is -0.383 e. The Morgan fingerprint density at radius 3 is 2.38 bits per heavy atom. The van der Waals surface area contributed by atoms with Crippen LogP contribution in [0.2, 0.25) is 0 Å². The van der Waals surface area contributed by atoms with Crippen molar-refractivity contribution in [2.45, 2.75) is 13.5 Å². The molecule has 0 aliphatic heterocycles. The zero-order valence-electron chi connectivity index (χ0n) is 13.0. The molecule has 1 aromatic heterocycles. The minimum absolute atomic E-state index is 0.349. The van der Waals surface area contributed by atoms with E-state index in [-0.39, 0.29) is 0 Å². The maximum absolute atomic E-state index is 5.47. The Balaban J connectivity index is 2.91. The highest BCUT2D eigenvalue weighted by atomic mass is 16.5. The van der Waals surface area contributed by atoms with Crippen molar-refractivity contribution >= 4 is 11.6 Å². The van der Waals surface area contributed by atoms with E-state index in [1.807, 2.05) is 6.92 Å². The summed E-state index contributed by atoms with van der Waals surface area (Å²) in [7, 11) is 3.34. The Morgan fingerprint density at radius 2 is 1.86 bits per heavy atom. The van der Waals surface area contributed by atoms with Crippen LogP contribution in [0.25, 0.3) is 0 Å². The van der Waals surface area contributed by atoms with Crippen molar-refractivity contribution in [3.8, 4) is 0 Å². The summed E-state index contributed by atoms with van der Waals surface area (Å²) >= 11 is 0. The molecule has 0 fully saturated rings. The van der Waals surface area contributed by atoms with Gasteiger partial charge in [0.2, 0.25) is 0 Å². The normalized spacial score (nSPS) is 10.7. The number of anilines is 2. The van der Waals surface area contributed by atoms with Crippen LogP contribution in [-0.2, 0) is 20.8 Å². The number of hydrogen-bond acceptors (Lipinski definition) is 8. The fraction of sp³-hybridized carbons (Fsp3) is 0.692. The molecule has 0 aliphatic rings. The van der Waals surface area contributed by atoms with Gasteiger partial charge in [-0.05, 0) is 6.92 Å². The number of nitrogens with one attached hydrogen (secondary N) is 1. The zero-order valence-corrected chi connectivity index (χ0v) is 13.0. The molecule has 0 radical (unpaired) electrons. The van der Waals surface area contributed by atoms with Crippen molar-refractivity contribution in [1.82, 2.24) is 9.97 Å². The molecule has 120 valence electrons. The van der Waals surface area contributed by atoms with Crippen LogP contribution in [0.5, 0.6) is 0 Å². The molecule has 1 rings (SSSR count). The topological polar surface area (TPSA) is 94.8 Å². The van der Waals surface area contributed by atoms with E-state index in [2.05, 4.69) is 20.3 Å². The zero-order chi connectivity index (χ0) is 15.5. The van der Waals surface area contributed by atoms with Gasteiger partial charge in [-0.2, -0.15) is 0 Å². The quantitative estimate of drug-likeness (QED) is 0.448. The van der Waals surface area contributed by atoms with Gasteiger partial charge in [0.05, 0.1) is 13.2 Å². The second-order valence-electron chi connectivity index (χ2n) is 4.28. The molecular formula is C13H25N5O3. The van der Waals surface area contributed by atoms with Crippen LogP contribution in [0.15, 0.2) is 6.07 Å². The predicted octanol–water partition coefficient (Wildman–Crippen LogP) is 0.398. The first-order valence-corrected chi connectivity index (χ1v) is 6.90. The summed E-state index contributed by atoms with van der Waals surface area (Å²) in [5.74, 6) is 7.37.